The highest BCUT2D eigenvalue weighted by Gasteiger charge is 2.19. The van der Waals surface area contributed by atoms with E-state index in [-0.39, 0.29) is 18.0 Å². The molecule has 1 rings (SSSR count). The first-order valence-corrected chi connectivity index (χ1v) is 8.06. The molecule has 0 atom stereocenters. The zero-order valence-corrected chi connectivity index (χ0v) is 13.7. The van der Waals surface area contributed by atoms with Gasteiger partial charge < -0.3 is 5.11 Å². The van der Waals surface area contributed by atoms with Crippen molar-refractivity contribution in [2.24, 2.45) is 0 Å². The lowest BCUT2D eigenvalue weighted by atomic mass is 10.2. The van der Waals surface area contributed by atoms with E-state index in [2.05, 4.69) is 0 Å². The lowest BCUT2D eigenvalue weighted by Crippen LogP contribution is -2.29. The monoisotopic (exact) mass is 289 g/mol. The van der Waals surface area contributed by atoms with Gasteiger partial charge in [-0.3, -0.25) is 0 Å². The second-order valence-electron chi connectivity index (χ2n) is 3.36. The molecule has 0 amide bonds. The number of rotatable bonds is 4. The average Bonchev–Trinajstić information content (AvgIpc) is 2.44. The van der Waals surface area contributed by atoms with Crippen molar-refractivity contribution in [2.75, 3.05) is 20.2 Å². The van der Waals surface area contributed by atoms with Gasteiger partial charge in [0.15, 0.2) is 0 Å². The van der Waals surface area contributed by atoms with Crippen molar-refractivity contribution in [2.45, 2.75) is 39.5 Å². The molecule has 0 fully saturated rings. The number of sulfonamides is 1. The zero-order valence-electron chi connectivity index (χ0n) is 12.8. The number of likely N-dealkylation sites (N-methyl/N-ethyl adjacent to an activating group) is 1. The number of aliphatic hydroxyl groups is 1. The molecule has 0 radical (unpaired) electrons. The van der Waals surface area contributed by atoms with Gasteiger partial charge in [0.2, 0.25) is 10.0 Å². The fraction of sp³-hybridized carbons (Fsp3) is 0.571. The van der Waals surface area contributed by atoms with E-state index in [0.29, 0.717) is 0 Å². The Morgan fingerprint density at radius 2 is 1.47 bits per heavy atom. The Morgan fingerprint density at radius 3 is 1.84 bits per heavy atom. The van der Waals surface area contributed by atoms with Crippen LogP contribution in [0.4, 0.5) is 0 Å². The van der Waals surface area contributed by atoms with Crippen LogP contribution in [0.3, 0.4) is 0 Å². The molecule has 0 bridgehead atoms. The van der Waals surface area contributed by atoms with Gasteiger partial charge in [0.1, 0.15) is 0 Å². The van der Waals surface area contributed by atoms with Crippen LogP contribution in [-0.2, 0) is 10.0 Å². The highest BCUT2D eigenvalue weighted by molar-refractivity contribution is 7.89. The standard InChI is InChI=1S/C10H15NO3S.2C2H6/c1-9-3-5-10(6-4-9)15(13,14)11(2)7-8-12;2*1-2/h3-6,12H,7-8H2,1-2H3;2*1-2H3. The largest absolute Gasteiger partial charge is 0.395 e. The van der Waals surface area contributed by atoms with Crippen molar-refractivity contribution in [1.82, 2.24) is 4.31 Å². The molecule has 0 heterocycles. The Hall–Kier alpha value is -0.910. The van der Waals surface area contributed by atoms with Crippen molar-refractivity contribution in [3.63, 3.8) is 0 Å². The van der Waals surface area contributed by atoms with E-state index in [4.69, 9.17) is 5.11 Å². The molecule has 0 aliphatic carbocycles. The third-order valence-electron chi connectivity index (χ3n) is 2.14. The van der Waals surface area contributed by atoms with Gasteiger partial charge in [0, 0.05) is 13.6 Å². The summed E-state index contributed by atoms with van der Waals surface area (Å²) in [6, 6.07) is 6.64. The van der Waals surface area contributed by atoms with Crippen LogP contribution >= 0.6 is 0 Å². The van der Waals surface area contributed by atoms with Crippen LogP contribution in [0.25, 0.3) is 0 Å². The number of benzene rings is 1. The first-order valence-electron chi connectivity index (χ1n) is 6.62. The molecule has 19 heavy (non-hydrogen) atoms. The summed E-state index contributed by atoms with van der Waals surface area (Å²) in [5.41, 5.74) is 1.01. The molecule has 1 aromatic carbocycles. The van der Waals surface area contributed by atoms with Crippen LogP contribution in [-0.4, -0.2) is 38.0 Å². The maximum Gasteiger partial charge on any atom is 0.242 e. The third-order valence-corrected chi connectivity index (χ3v) is 4.02. The van der Waals surface area contributed by atoms with Crippen LogP contribution in [0.2, 0.25) is 0 Å². The van der Waals surface area contributed by atoms with E-state index in [1.807, 2.05) is 34.6 Å². The van der Waals surface area contributed by atoms with Crippen molar-refractivity contribution in [3.8, 4) is 0 Å². The number of aryl methyl sites for hydroxylation is 1. The van der Waals surface area contributed by atoms with E-state index in [0.717, 1.165) is 9.87 Å². The summed E-state index contributed by atoms with van der Waals surface area (Å²) in [5.74, 6) is 0. The van der Waals surface area contributed by atoms with E-state index >= 15 is 0 Å². The normalized spacial score (nSPS) is 10.1. The molecule has 0 saturated carbocycles. The summed E-state index contributed by atoms with van der Waals surface area (Å²) >= 11 is 0. The molecule has 4 nitrogen and oxygen atoms in total. The van der Waals surface area contributed by atoms with Gasteiger partial charge in [0.05, 0.1) is 11.5 Å². The third kappa shape index (κ3) is 6.71. The fourth-order valence-electron chi connectivity index (χ4n) is 1.15. The molecule has 0 aliphatic rings. The highest BCUT2D eigenvalue weighted by Crippen LogP contribution is 2.14. The van der Waals surface area contributed by atoms with E-state index in [1.54, 1.807) is 24.3 Å². The topological polar surface area (TPSA) is 57.6 Å². The van der Waals surface area contributed by atoms with Crippen LogP contribution in [0.15, 0.2) is 29.2 Å². The Bertz CT molecular complexity index is 413. The van der Waals surface area contributed by atoms with E-state index < -0.39 is 10.0 Å². The van der Waals surface area contributed by atoms with Gasteiger partial charge in [0.25, 0.3) is 0 Å². The Kier molecular flexibility index (Phi) is 11.8. The average molecular weight is 289 g/mol. The number of hydrogen-bond donors (Lipinski definition) is 1. The first kappa shape index (κ1) is 20.4. The predicted octanol–water partition coefficient (Wildman–Crippen LogP) is 2.66. The minimum absolute atomic E-state index is 0.107. The van der Waals surface area contributed by atoms with Gasteiger partial charge in [-0.1, -0.05) is 45.4 Å². The van der Waals surface area contributed by atoms with Gasteiger partial charge in [-0.2, -0.15) is 4.31 Å². The van der Waals surface area contributed by atoms with Crippen molar-refractivity contribution in [1.29, 1.82) is 0 Å². The summed E-state index contributed by atoms with van der Waals surface area (Å²) < 4.78 is 24.8. The Balaban J connectivity index is 0. The smallest absolute Gasteiger partial charge is 0.242 e. The van der Waals surface area contributed by atoms with Crippen molar-refractivity contribution >= 4 is 10.0 Å². The highest BCUT2D eigenvalue weighted by atomic mass is 32.2. The first-order chi connectivity index (χ1) is 8.98. The molecule has 0 aromatic heterocycles. The molecular weight excluding hydrogens is 262 g/mol. The van der Waals surface area contributed by atoms with Crippen molar-refractivity contribution < 1.29 is 13.5 Å². The zero-order chi connectivity index (χ0) is 15.5. The van der Waals surface area contributed by atoms with E-state index in [9.17, 15) is 8.42 Å². The Morgan fingerprint density at radius 1 is 1.05 bits per heavy atom. The van der Waals surface area contributed by atoms with Crippen molar-refractivity contribution in [3.05, 3.63) is 29.8 Å². The maximum atomic E-state index is 11.8. The lowest BCUT2D eigenvalue weighted by molar-refractivity contribution is 0.266. The molecule has 0 aliphatic heterocycles. The van der Waals surface area contributed by atoms with Crippen LogP contribution in [0.5, 0.6) is 0 Å². The summed E-state index contributed by atoms with van der Waals surface area (Å²) in [6.45, 7) is 9.83. The van der Waals surface area contributed by atoms with Crippen LogP contribution in [0.1, 0.15) is 33.3 Å². The molecule has 0 spiro atoms. The minimum atomic E-state index is -3.44. The molecule has 1 N–H and O–H groups in total. The van der Waals surface area contributed by atoms with Gasteiger partial charge in [-0.05, 0) is 19.1 Å². The summed E-state index contributed by atoms with van der Waals surface area (Å²) in [4.78, 5) is 0.254. The Labute approximate surface area is 118 Å². The molecule has 0 saturated heterocycles. The van der Waals surface area contributed by atoms with Gasteiger partial charge >= 0.3 is 0 Å². The number of aliphatic hydroxyl groups excluding tert-OH is 1. The molecule has 112 valence electrons. The van der Waals surface area contributed by atoms with Gasteiger partial charge in [-0.25, -0.2) is 8.42 Å². The molecule has 1 aromatic rings. The number of hydrogen-bond acceptors (Lipinski definition) is 3. The minimum Gasteiger partial charge on any atom is -0.395 e. The second-order valence-corrected chi connectivity index (χ2v) is 5.41. The van der Waals surface area contributed by atoms with Gasteiger partial charge in [-0.15, -0.1) is 0 Å². The molecular formula is C14H27NO3S. The fourth-order valence-corrected chi connectivity index (χ4v) is 2.31. The SMILES string of the molecule is CC.CC.Cc1ccc(S(=O)(=O)N(C)CCO)cc1. The molecule has 5 heteroatoms. The quantitative estimate of drug-likeness (QED) is 0.927. The summed E-state index contributed by atoms with van der Waals surface area (Å²) in [7, 11) is -1.99. The van der Waals surface area contributed by atoms with Crippen LogP contribution < -0.4 is 0 Å². The van der Waals surface area contributed by atoms with Crippen LogP contribution in [0, 0.1) is 6.92 Å². The summed E-state index contributed by atoms with van der Waals surface area (Å²) in [6.07, 6.45) is 0. The number of nitrogens with zero attached hydrogens (tertiary/aromatic N) is 1. The second kappa shape index (κ2) is 11.0. The van der Waals surface area contributed by atoms with E-state index in [1.165, 1.54) is 7.05 Å². The predicted molar refractivity (Wildman–Crippen MR) is 80.8 cm³/mol. The summed E-state index contributed by atoms with van der Waals surface area (Å²) in [5, 5.41) is 8.68. The molecule has 0 unspecified atom stereocenters. The lowest BCUT2D eigenvalue weighted by Gasteiger charge is -2.15. The maximum absolute atomic E-state index is 11.8.